The van der Waals surface area contributed by atoms with E-state index in [0.29, 0.717) is 0 Å². The molecule has 0 saturated heterocycles. The van der Waals surface area contributed by atoms with Crippen LogP contribution in [0, 0.1) is 0 Å². The Morgan fingerprint density at radius 2 is 1.90 bits per heavy atom. The molecular weight excluding hydrogens is 448 g/mol. The van der Waals surface area contributed by atoms with E-state index in [1.54, 1.807) is 17.7 Å². The molecule has 1 N–H and O–H groups in total. The van der Waals surface area contributed by atoms with Crippen molar-refractivity contribution in [1.82, 2.24) is 14.8 Å². The number of rotatable bonds is 2. The van der Waals surface area contributed by atoms with Crippen LogP contribution in [0.1, 0.15) is 28.1 Å². The van der Waals surface area contributed by atoms with Crippen molar-refractivity contribution in [2.45, 2.75) is 12.1 Å². The molecule has 0 amide bonds. The fourth-order valence-electron chi connectivity index (χ4n) is 4.05. The lowest BCUT2D eigenvalue weighted by atomic mass is 9.87. The maximum absolute atomic E-state index is 6.58. The Hall–Kier alpha value is -2.90. The van der Waals surface area contributed by atoms with Crippen molar-refractivity contribution in [2.75, 3.05) is 5.32 Å². The van der Waals surface area contributed by atoms with Crippen LogP contribution in [0.15, 0.2) is 82.4 Å². The largest absolute Gasteiger partial charge is 0.480 e. The second-order valence-electron chi connectivity index (χ2n) is 6.95. The van der Waals surface area contributed by atoms with Crippen LogP contribution in [0.3, 0.4) is 0 Å². The van der Waals surface area contributed by atoms with Crippen molar-refractivity contribution in [3.05, 3.63) is 98.4 Å². The van der Waals surface area contributed by atoms with Crippen molar-refractivity contribution < 1.29 is 4.74 Å². The van der Waals surface area contributed by atoms with Crippen molar-refractivity contribution in [1.29, 1.82) is 0 Å². The van der Waals surface area contributed by atoms with E-state index < -0.39 is 0 Å². The van der Waals surface area contributed by atoms with Gasteiger partial charge in [-0.15, -0.1) is 11.3 Å². The van der Waals surface area contributed by atoms with Crippen LogP contribution in [-0.2, 0) is 0 Å². The lowest BCUT2D eigenvalue weighted by molar-refractivity contribution is 0.223. The average molecular weight is 463 g/mol. The third kappa shape index (κ3) is 2.65. The normalized spacial score (nSPS) is 19.6. The Morgan fingerprint density at radius 3 is 2.72 bits per heavy atom. The minimum absolute atomic E-state index is 0.0780. The number of fused-ring (bicyclic) bond motifs is 3. The summed E-state index contributed by atoms with van der Waals surface area (Å²) >= 11 is 5.26. The molecule has 2 aliphatic rings. The van der Waals surface area contributed by atoms with Gasteiger partial charge in [0.25, 0.3) is 0 Å². The molecule has 0 fully saturated rings. The standard InChI is InChI=1S/C22H15BrN4OS/c23-14-9-7-13(8-10-14)21-18-19(15-4-1-2-5-16(15)28-21)26-22-24-12-25-27(22)20(18)17-6-3-11-29-17/h1-12,20-21H,(H,24,25,26). The number of benzene rings is 2. The summed E-state index contributed by atoms with van der Waals surface area (Å²) in [6.07, 6.45) is 1.37. The summed E-state index contributed by atoms with van der Waals surface area (Å²) in [5, 5.41) is 10.2. The van der Waals surface area contributed by atoms with Gasteiger partial charge < -0.3 is 10.1 Å². The van der Waals surface area contributed by atoms with Crippen molar-refractivity contribution in [2.24, 2.45) is 0 Å². The number of hydrogen-bond acceptors (Lipinski definition) is 5. The van der Waals surface area contributed by atoms with Crippen LogP contribution in [0.25, 0.3) is 5.70 Å². The molecule has 0 bridgehead atoms. The van der Waals surface area contributed by atoms with Crippen LogP contribution >= 0.6 is 27.3 Å². The minimum Gasteiger partial charge on any atom is -0.480 e. The van der Waals surface area contributed by atoms with Crippen LogP contribution in [0.2, 0.25) is 0 Å². The number of para-hydroxylation sites is 1. The van der Waals surface area contributed by atoms with Gasteiger partial charge in [0.05, 0.1) is 5.70 Å². The highest BCUT2D eigenvalue weighted by atomic mass is 79.9. The van der Waals surface area contributed by atoms with Crippen LogP contribution < -0.4 is 10.1 Å². The average Bonchev–Trinajstić information content (AvgIpc) is 3.44. The van der Waals surface area contributed by atoms with Gasteiger partial charge in [-0.25, -0.2) is 4.68 Å². The Kier molecular flexibility index (Phi) is 3.85. The molecular formula is C22H15BrN4OS. The number of thiophene rings is 1. The zero-order valence-corrected chi connectivity index (χ0v) is 17.5. The fraction of sp³-hybridized carbons (Fsp3) is 0.0909. The van der Waals surface area contributed by atoms with E-state index in [9.17, 15) is 0 Å². The quantitative estimate of drug-likeness (QED) is 0.417. The van der Waals surface area contributed by atoms with Crippen molar-refractivity contribution in [3.8, 4) is 5.75 Å². The van der Waals surface area contributed by atoms with E-state index in [2.05, 4.69) is 79.2 Å². The van der Waals surface area contributed by atoms with Gasteiger partial charge in [-0.3, -0.25) is 0 Å². The summed E-state index contributed by atoms with van der Waals surface area (Å²) < 4.78 is 9.57. The van der Waals surface area contributed by atoms with Crippen LogP contribution in [0.5, 0.6) is 5.75 Å². The maximum Gasteiger partial charge on any atom is 0.226 e. The first-order valence-electron chi connectivity index (χ1n) is 9.25. The Labute approximate surface area is 179 Å². The predicted molar refractivity (Wildman–Crippen MR) is 117 cm³/mol. The molecule has 0 saturated carbocycles. The third-order valence-electron chi connectivity index (χ3n) is 5.31. The summed E-state index contributed by atoms with van der Waals surface area (Å²) in [4.78, 5) is 5.66. The molecule has 0 aliphatic carbocycles. The lowest BCUT2D eigenvalue weighted by Gasteiger charge is -2.38. The summed E-state index contributed by atoms with van der Waals surface area (Å²) in [6.45, 7) is 0. The molecule has 2 aromatic heterocycles. The van der Waals surface area contributed by atoms with Gasteiger partial charge in [0.2, 0.25) is 5.95 Å². The molecule has 0 spiro atoms. The van der Waals surface area contributed by atoms with E-state index in [1.165, 1.54) is 4.88 Å². The zero-order valence-electron chi connectivity index (χ0n) is 15.1. The highest BCUT2D eigenvalue weighted by Crippen LogP contribution is 2.51. The monoisotopic (exact) mass is 462 g/mol. The van der Waals surface area contributed by atoms with Crippen molar-refractivity contribution in [3.63, 3.8) is 0 Å². The van der Waals surface area contributed by atoms with Crippen LogP contribution in [-0.4, -0.2) is 14.8 Å². The molecule has 7 heteroatoms. The molecule has 142 valence electrons. The number of hydrogen-bond donors (Lipinski definition) is 1. The molecule has 2 atom stereocenters. The summed E-state index contributed by atoms with van der Waals surface area (Å²) in [5.74, 6) is 1.61. The molecule has 0 radical (unpaired) electrons. The second kappa shape index (κ2) is 6.57. The molecule has 2 aromatic carbocycles. The maximum atomic E-state index is 6.58. The number of anilines is 1. The van der Waals surface area contributed by atoms with E-state index in [4.69, 9.17) is 4.74 Å². The number of halogens is 1. The number of ether oxygens (including phenoxy) is 1. The van der Waals surface area contributed by atoms with Crippen molar-refractivity contribution >= 4 is 38.9 Å². The topological polar surface area (TPSA) is 52.0 Å². The summed E-state index contributed by atoms with van der Waals surface area (Å²) in [7, 11) is 0. The third-order valence-corrected chi connectivity index (χ3v) is 6.76. The Bertz CT molecular complexity index is 1230. The van der Waals surface area contributed by atoms with Gasteiger partial charge in [0.15, 0.2) is 0 Å². The highest BCUT2D eigenvalue weighted by molar-refractivity contribution is 9.10. The molecule has 2 unspecified atom stereocenters. The molecule has 4 heterocycles. The summed E-state index contributed by atoms with van der Waals surface area (Å²) in [5.41, 5.74) is 4.35. The molecule has 4 aromatic rings. The Balaban J connectivity index is 1.63. The smallest absolute Gasteiger partial charge is 0.226 e. The second-order valence-corrected chi connectivity index (χ2v) is 8.84. The molecule has 29 heavy (non-hydrogen) atoms. The lowest BCUT2D eigenvalue weighted by Crippen LogP contribution is -2.32. The van der Waals surface area contributed by atoms with Gasteiger partial charge >= 0.3 is 0 Å². The minimum atomic E-state index is -0.232. The first-order chi connectivity index (χ1) is 14.3. The van der Waals surface area contributed by atoms with E-state index in [1.807, 2.05) is 22.9 Å². The van der Waals surface area contributed by atoms with Gasteiger partial charge in [-0.1, -0.05) is 46.3 Å². The zero-order chi connectivity index (χ0) is 19.4. The van der Waals surface area contributed by atoms with E-state index >= 15 is 0 Å². The van der Waals surface area contributed by atoms with Gasteiger partial charge in [-0.05, 0) is 41.3 Å². The van der Waals surface area contributed by atoms with Crippen LogP contribution in [0.4, 0.5) is 5.95 Å². The first kappa shape index (κ1) is 17.0. The first-order valence-corrected chi connectivity index (χ1v) is 10.9. The Morgan fingerprint density at radius 1 is 1.03 bits per heavy atom. The summed E-state index contributed by atoms with van der Waals surface area (Å²) in [6, 6.07) is 20.6. The number of nitrogens with zero attached hydrogens (tertiary/aromatic N) is 3. The van der Waals surface area contributed by atoms with E-state index in [-0.39, 0.29) is 12.1 Å². The molecule has 2 aliphatic heterocycles. The molecule has 5 nitrogen and oxygen atoms in total. The number of nitrogens with one attached hydrogen (secondary N) is 1. The van der Waals surface area contributed by atoms with Gasteiger partial charge in [-0.2, -0.15) is 10.1 Å². The van der Waals surface area contributed by atoms with Gasteiger partial charge in [0.1, 0.15) is 24.2 Å². The molecule has 6 rings (SSSR count). The number of aromatic nitrogens is 3. The SMILES string of the molecule is Brc1ccc(C2Oc3ccccc3C3=C2C(c2cccs2)n2ncnc2N3)cc1. The highest BCUT2D eigenvalue weighted by Gasteiger charge is 2.41. The fourth-order valence-corrected chi connectivity index (χ4v) is 5.14. The van der Waals surface area contributed by atoms with Gasteiger partial charge in [0, 0.05) is 20.5 Å². The van der Waals surface area contributed by atoms with E-state index in [0.717, 1.165) is 38.6 Å². The predicted octanol–water partition coefficient (Wildman–Crippen LogP) is 5.66.